The van der Waals surface area contributed by atoms with Crippen LogP contribution in [0.2, 0.25) is 0 Å². The SMILES string of the molecule is CCCC(C)(NC(=O)C1OCCC1C)C(=O)O. The first kappa shape index (κ1) is 14.0. The van der Waals surface area contributed by atoms with Gasteiger partial charge in [0.25, 0.3) is 0 Å². The van der Waals surface area contributed by atoms with Gasteiger partial charge in [0.15, 0.2) is 0 Å². The van der Waals surface area contributed by atoms with Crippen molar-refractivity contribution in [3.63, 3.8) is 0 Å². The van der Waals surface area contributed by atoms with Crippen molar-refractivity contribution < 1.29 is 19.4 Å². The van der Waals surface area contributed by atoms with Gasteiger partial charge in [0, 0.05) is 6.61 Å². The van der Waals surface area contributed by atoms with E-state index in [1.54, 1.807) is 0 Å². The van der Waals surface area contributed by atoms with Gasteiger partial charge in [0.2, 0.25) is 5.91 Å². The molecule has 1 rings (SSSR count). The topological polar surface area (TPSA) is 75.6 Å². The molecule has 1 saturated heterocycles. The molecule has 0 spiro atoms. The van der Waals surface area contributed by atoms with Gasteiger partial charge in [-0.2, -0.15) is 0 Å². The predicted molar refractivity (Wildman–Crippen MR) is 62.6 cm³/mol. The zero-order valence-electron chi connectivity index (χ0n) is 10.7. The van der Waals surface area contributed by atoms with Crippen LogP contribution in [0.4, 0.5) is 0 Å². The van der Waals surface area contributed by atoms with Gasteiger partial charge in [0.1, 0.15) is 11.6 Å². The fraction of sp³-hybridized carbons (Fsp3) is 0.833. The van der Waals surface area contributed by atoms with E-state index in [9.17, 15) is 9.59 Å². The molecule has 1 aliphatic heterocycles. The highest BCUT2D eigenvalue weighted by Gasteiger charge is 2.38. The van der Waals surface area contributed by atoms with E-state index in [1.807, 2.05) is 13.8 Å². The van der Waals surface area contributed by atoms with Crippen molar-refractivity contribution in [2.24, 2.45) is 5.92 Å². The van der Waals surface area contributed by atoms with E-state index in [-0.39, 0.29) is 11.8 Å². The van der Waals surface area contributed by atoms with Gasteiger partial charge >= 0.3 is 5.97 Å². The average Bonchev–Trinajstić information content (AvgIpc) is 2.64. The number of ether oxygens (including phenoxy) is 1. The monoisotopic (exact) mass is 243 g/mol. The fourth-order valence-electron chi connectivity index (χ4n) is 2.10. The third-order valence-electron chi connectivity index (χ3n) is 3.27. The van der Waals surface area contributed by atoms with E-state index in [1.165, 1.54) is 6.92 Å². The molecule has 0 saturated carbocycles. The summed E-state index contributed by atoms with van der Waals surface area (Å²) in [6, 6.07) is 0. The Morgan fingerprint density at radius 2 is 2.18 bits per heavy atom. The molecule has 3 unspecified atom stereocenters. The van der Waals surface area contributed by atoms with Crippen LogP contribution in [-0.4, -0.2) is 35.2 Å². The van der Waals surface area contributed by atoms with Crippen molar-refractivity contribution in [2.75, 3.05) is 6.61 Å². The van der Waals surface area contributed by atoms with E-state index in [2.05, 4.69) is 5.32 Å². The van der Waals surface area contributed by atoms with Gasteiger partial charge < -0.3 is 15.2 Å². The van der Waals surface area contributed by atoms with Gasteiger partial charge in [-0.3, -0.25) is 4.79 Å². The number of rotatable bonds is 5. The standard InChI is InChI=1S/C12H21NO4/c1-4-6-12(3,11(15)16)13-10(14)9-8(2)5-7-17-9/h8-9H,4-7H2,1-3H3,(H,13,14)(H,15,16). The van der Waals surface area contributed by atoms with Crippen LogP contribution in [0.25, 0.3) is 0 Å². The van der Waals surface area contributed by atoms with Crippen LogP contribution in [-0.2, 0) is 14.3 Å². The Morgan fingerprint density at radius 3 is 2.59 bits per heavy atom. The van der Waals surface area contributed by atoms with E-state index in [4.69, 9.17) is 9.84 Å². The highest BCUT2D eigenvalue weighted by atomic mass is 16.5. The second-order valence-electron chi connectivity index (χ2n) is 4.93. The molecule has 0 radical (unpaired) electrons. The maximum Gasteiger partial charge on any atom is 0.329 e. The summed E-state index contributed by atoms with van der Waals surface area (Å²) in [4.78, 5) is 23.1. The molecule has 3 atom stereocenters. The summed E-state index contributed by atoms with van der Waals surface area (Å²) in [5.41, 5.74) is -1.20. The molecular formula is C12H21NO4. The van der Waals surface area contributed by atoms with Crippen molar-refractivity contribution in [3.05, 3.63) is 0 Å². The lowest BCUT2D eigenvalue weighted by atomic mass is 9.95. The second-order valence-corrected chi connectivity index (χ2v) is 4.93. The molecule has 1 aliphatic rings. The molecule has 5 heteroatoms. The lowest BCUT2D eigenvalue weighted by Crippen LogP contribution is -2.55. The Morgan fingerprint density at radius 1 is 1.53 bits per heavy atom. The molecule has 1 fully saturated rings. The quantitative estimate of drug-likeness (QED) is 0.760. The summed E-state index contributed by atoms with van der Waals surface area (Å²) in [5.74, 6) is -1.17. The van der Waals surface area contributed by atoms with Crippen LogP contribution in [0.1, 0.15) is 40.0 Å². The highest BCUT2D eigenvalue weighted by molar-refractivity contribution is 5.89. The molecule has 0 aliphatic carbocycles. The Hall–Kier alpha value is -1.10. The largest absolute Gasteiger partial charge is 0.480 e. The zero-order chi connectivity index (χ0) is 13.1. The number of nitrogens with one attached hydrogen (secondary N) is 1. The minimum atomic E-state index is -1.20. The third kappa shape index (κ3) is 3.19. The van der Waals surface area contributed by atoms with Crippen molar-refractivity contribution in [1.82, 2.24) is 5.32 Å². The predicted octanol–water partition coefficient (Wildman–Crippen LogP) is 1.17. The lowest BCUT2D eigenvalue weighted by molar-refractivity contribution is -0.149. The fourth-order valence-corrected chi connectivity index (χ4v) is 2.10. The molecule has 0 bridgehead atoms. The Bertz CT molecular complexity index is 305. The first-order valence-electron chi connectivity index (χ1n) is 6.07. The lowest BCUT2D eigenvalue weighted by Gasteiger charge is -2.28. The minimum Gasteiger partial charge on any atom is -0.480 e. The summed E-state index contributed by atoms with van der Waals surface area (Å²) in [7, 11) is 0. The number of hydrogen-bond donors (Lipinski definition) is 2. The third-order valence-corrected chi connectivity index (χ3v) is 3.27. The second kappa shape index (κ2) is 5.49. The van der Waals surface area contributed by atoms with Crippen molar-refractivity contribution in [2.45, 2.75) is 51.7 Å². The number of amides is 1. The summed E-state index contributed by atoms with van der Waals surface area (Å²) in [6.45, 7) is 5.93. The van der Waals surface area contributed by atoms with Gasteiger partial charge in [-0.05, 0) is 25.7 Å². The average molecular weight is 243 g/mol. The van der Waals surface area contributed by atoms with Gasteiger partial charge in [-0.1, -0.05) is 20.3 Å². The van der Waals surface area contributed by atoms with Crippen LogP contribution in [0.15, 0.2) is 0 Å². The molecule has 0 aromatic rings. The number of carbonyl (C=O) groups excluding carboxylic acids is 1. The van der Waals surface area contributed by atoms with E-state index >= 15 is 0 Å². The Labute approximate surface area is 102 Å². The molecule has 2 N–H and O–H groups in total. The van der Waals surface area contributed by atoms with E-state index in [0.29, 0.717) is 19.4 Å². The van der Waals surface area contributed by atoms with Crippen LogP contribution in [0.5, 0.6) is 0 Å². The summed E-state index contributed by atoms with van der Waals surface area (Å²) in [6.07, 6.45) is 1.44. The van der Waals surface area contributed by atoms with E-state index in [0.717, 1.165) is 6.42 Å². The van der Waals surface area contributed by atoms with Crippen LogP contribution < -0.4 is 5.32 Å². The molecule has 1 amide bonds. The first-order valence-corrected chi connectivity index (χ1v) is 6.07. The van der Waals surface area contributed by atoms with Crippen molar-refractivity contribution in [1.29, 1.82) is 0 Å². The molecule has 0 aromatic heterocycles. The molecule has 0 aromatic carbocycles. The minimum absolute atomic E-state index is 0.148. The van der Waals surface area contributed by atoms with Crippen LogP contribution in [0.3, 0.4) is 0 Å². The molecule has 5 nitrogen and oxygen atoms in total. The van der Waals surface area contributed by atoms with Crippen molar-refractivity contribution in [3.8, 4) is 0 Å². The number of hydrogen-bond acceptors (Lipinski definition) is 3. The van der Waals surface area contributed by atoms with E-state index < -0.39 is 17.6 Å². The van der Waals surface area contributed by atoms with Crippen LogP contribution in [0, 0.1) is 5.92 Å². The summed E-state index contributed by atoms with van der Waals surface area (Å²) < 4.78 is 5.33. The maximum absolute atomic E-state index is 12.0. The van der Waals surface area contributed by atoms with Crippen LogP contribution >= 0.6 is 0 Å². The Balaban J connectivity index is 2.67. The molecule has 98 valence electrons. The van der Waals surface area contributed by atoms with Gasteiger partial charge in [-0.15, -0.1) is 0 Å². The smallest absolute Gasteiger partial charge is 0.329 e. The molecular weight excluding hydrogens is 222 g/mol. The molecule has 17 heavy (non-hydrogen) atoms. The number of aliphatic carboxylic acids is 1. The number of carbonyl (C=O) groups is 2. The summed E-state index contributed by atoms with van der Waals surface area (Å²) in [5, 5.41) is 11.8. The number of carboxylic acid groups (broad SMARTS) is 1. The Kier molecular flexibility index (Phi) is 4.51. The molecule has 1 heterocycles. The normalized spacial score (nSPS) is 27.5. The first-order chi connectivity index (χ1) is 7.90. The zero-order valence-corrected chi connectivity index (χ0v) is 10.7. The number of carboxylic acids is 1. The van der Waals surface area contributed by atoms with Crippen molar-refractivity contribution >= 4 is 11.9 Å². The highest BCUT2D eigenvalue weighted by Crippen LogP contribution is 2.22. The van der Waals surface area contributed by atoms with Gasteiger partial charge in [-0.25, -0.2) is 4.79 Å². The van der Waals surface area contributed by atoms with Gasteiger partial charge in [0.05, 0.1) is 0 Å². The maximum atomic E-state index is 12.0. The summed E-state index contributed by atoms with van der Waals surface area (Å²) >= 11 is 0.